The third-order valence-electron chi connectivity index (χ3n) is 4.16. The smallest absolute Gasteiger partial charge is 0.340 e. The van der Waals surface area contributed by atoms with E-state index in [4.69, 9.17) is 9.47 Å². The lowest BCUT2D eigenvalue weighted by Crippen LogP contribution is -2.17. The number of hydrogen-bond donors (Lipinski definition) is 1. The molecule has 0 bridgehead atoms. The number of nitrogens with one attached hydrogen (secondary N) is 1. The molecule has 0 aliphatic carbocycles. The van der Waals surface area contributed by atoms with Gasteiger partial charge in [-0.2, -0.15) is 0 Å². The maximum absolute atomic E-state index is 14.6. The summed E-state index contributed by atoms with van der Waals surface area (Å²) in [5, 5.41) is 4.14. The highest BCUT2D eigenvalue weighted by Gasteiger charge is 2.21. The lowest BCUT2D eigenvalue weighted by atomic mass is 10.1. The minimum Gasteiger partial charge on any atom is -0.465 e. The SMILES string of the molecule is COC(=O)c1cc(Oc2ccc(F)cc2)c(F)cc1NC(=O)c1csc2cncn12. The number of halogens is 2. The molecule has 7 nitrogen and oxygen atoms in total. The number of carbonyl (C=O) groups is 2. The lowest BCUT2D eigenvalue weighted by Gasteiger charge is -2.13. The van der Waals surface area contributed by atoms with E-state index in [0.717, 1.165) is 36.2 Å². The van der Waals surface area contributed by atoms with E-state index in [-0.39, 0.29) is 28.4 Å². The topological polar surface area (TPSA) is 81.9 Å². The van der Waals surface area contributed by atoms with Crippen molar-refractivity contribution in [3.63, 3.8) is 0 Å². The van der Waals surface area contributed by atoms with Gasteiger partial charge in [-0.1, -0.05) is 0 Å². The first-order valence-corrected chi connectivity index (χ1v) is 9.40. The molecule has 0 aliphatic rings. The van der Waals surface area contributed by atoms with E-state index in [1.807, 2.05) is 0 Å². The number of rotatable bonds is 5. The second kappa shape index (κ2) is 7.91. The number of carbonyl (C=O) groups excluding carboxylic acids is 2. The molecule has 0 unspecified atom stereocenters. The summed E-state index contributed by atoms with van der Waals surface area (Å²) in [4.78, 5) is 29.6. The molecule has 0 aliphatic heterocycles. The fourth-order valence-electron chi connectivity index (χ4n) is 2.72. The van der Waals surface area contributed by atoms with E-state index in [1.165, 1.54) is 29.8 Å². The van der Waals surface area contributed by atoms with Crippen molar-refractivity contribution in [3.8, 4) is 11.5 Å². The molecule has 0 fully saturated rings. The number of hydrogen-bond acceptors (Lipinski definition) is 6. The summed E-state index contributed by atoms with van der Waals surface area (Å²) in [5.74, 6) is -2.78. The highest BCUT2D eigenvalue weighted by molar-refractivity contribution is 7.15. The molecular formula is C20H13F2N3O4S. The number of esters is 1. The first kappa shape index (κ1) is 19.5. The van der Waals surface area contributed by atoms with Gasteiger partial charge >= 0.3 is 5.97 Å². The second-order valence-corrected chi connectivity index (χ2v) is 6.94. The van der Waals surface area contributed by atoms with Crippen molar-refractivity contribution in [2.45, 2.75) is 0 Å². The Hall–Kier alpha value is -3.79. The summed E-state index contributed by atoms with van der Waals surface area (Å²) in [6.07, 6.45) is 3.07. The Balaban J connectivity index is 1.67. The summed E-state index contributed by atoms with van der Waals surface area (Å²) < 4.78 is 39.4. The van der Waals surface area contributed by atoms with Gasteiger partial charge in [0.2, 0.25) is 0 Å². The van der Waals surface area contributed by atoms with Crippen LogP contribution >= 0.6 is 11.3 Å². The van der Waals surface area contributed by atoms with Crippen molar-refractivity contribution >= 4 is 33.7 Å². The number of ether oxygens (including phenoxy) is 2. The average Bonchev–Trinajstić information content (AvgIpc) is 3.34. The maximum Gasteiger partial charge on any atom is 0.340 e. The van der Waals surface area contributed by atoms with Crippen LogP contribution in [0.3, 0.4) is 0 Å². The molecular weight excluding hydrogens is 416 g/mol. The Morgan fingerprint density at radius 2 is 1.93 bits per heavy atom. The van der Waals surface area contributed by atoms with Gasteiger partial charge in [0.1, 0.15) is 28.4 Å². The van der Waals surface area contributed by atoms with Crippen molar-refractivity contribution in [1.29, 1.82) is 0 Å². The fourth-order valence-corrected chi connectivity index (χ4v) is 3.55. The van der Waals surface area contributed by atoms with Crippen LogP contribution in [0.1, 0.15) is 20.8 Å². The molecule has 0 atom stereocenters. The second-order valence-electron chi connectivity index (χ2n) is 6.05. The first-order chi connectivity index (χ1) is 14.5. The average molecular weight is 429 g/mol. The van der Waals surface area contributed by atoms with Gasteiger partial charge in [-0.3, -0.25) is 9.20 Å². The summed E-state index contributed by atoms with van der Waals surface area (Å²) in [6.45, 7) is 0. The number of imidazole rings is 1. The highest BCUT2D eigenvalue weighted by atomic mass is 32.1. The van der Waals surface area contributed by atoms with Gasteiger partial charge < -0.3 is 14.8 Å². The zero-order valence-corrected chi connectivity index (χ0v) is 16.2. The number of aromatic nitrogens is 2. The lowest BCUT2D eigenvalue weighted by molar-refractivity contribution is 0.0601. The first-order valence-electron chi connectivity index (χ1n) is 8.52. The number of nitrogens with zero attached hydrogens (tertiary/aromatic N) is 2. The molecule has 2 aromatic heterocycles. The molecule has 10 heteroatoms. The van der Waals surface area contributed by atoms with Crippen molar-refractivity contribution in [2.75, 3.05) is 12.4 Å². The summed E-state index contributed by atoms with van der Waals surface area (Å²) in [6, 6.07) is 7.01. The Morgan fingerprint density at radius 3 is 2.67 bits per heavy atom. The van der Waals surface area contributed by atoms with Gasteiger partial charge in [0.05, 0.1) is 24.6 Å². The maximum atomic E-state index is 14.6. The van der Waals surface area contributed by atoms with Gasteiger partial charge in [-0.15, -0.1) is 11.3 Å². The van der Waals surface area contributed by atoms with Crippen molar-refractivity contribution in [3.05, 3.63) is 77.2 Å². The Kier molecular flexibility index (Phi) is 5.15. The quantitative estimate of drug-likeness (QED) is 0.472. The van der Waals surface area contributed by atoms with Crippen LogP contribution in [0.5, 0.6) is 11.5 Å². The van der Waals surface area contributed by atoms with Crippen LogP contribution in [0, 0.1) is 11.6 Å². The predicted octanol–water partition coefficient (Wildman–Crippen LogP) is 4.51. The van der Waals surface area contributed by atoms with Gasteiger partial charge in [0.15, 0.2) is 11.6 Å². The predicted molar refractivity (Wildman–Crippen MR) is 105 cm³/mol. The molecule has 0 saturated carbocycles. The Labute approximate surface area is 172 Å². The van der Waals surface area contributed by atoms with E-state index in [9.17, 15) is 18.4 Å². The fraction of sp³-hybridized carbons (Fsp3) is 0.0500. The minimum absolute atomic E-state index is 0.0877. The molecule has 2 heterocycles. The van der Waals surface area contributed by atoms with Crippen molar-refractivity contribution in [1.82, 2.24) is 9.38 Å². The van der Waals surface area contributed by atoms with Crippen LogP contribution in [0.4, 0.5) is 14.5 Å². The largest absolute Gasteiger partial charge is 0.465 e. The summed E-state index contributed by atoms with van der Waals surface area (Å²) >= 11 is 1.31. The van der Waals surface area contributed by atoms with E-state index in [2.05, 4.69) is 10.3 Å². The minimum atomic E-state index is -0.833. The van der Waals surface area contributed by atoms with Crippen LogP contribution in [0.15, 0.2) is 54.3 Å². The van der Waals surface area contributed by atoms with Crippen LogP contribution in [0.2, 0.25) is 0 Å². The molecule has 152 valence electrons. The standard InChI is InChI=1S/C20H13F2N3O4S/c1-28-20(27)13-6-17(29-12-4-2-11(21)3-5-12)14(22)7-15(13)24-19(26)16-9-30-18-8-23-10-25(16)18/h2-10H,1H3,(H,24,26). The van der Waals surface area contributed by atoms with Gasteiger partial charge in [0, 0.05) is 17.5 Å². The molecule has 0 spiro atoms. The van der Waals surface area contributed by atoms with Crippen LogP contribution in [-0.4, -0.2) is 28.4 Å². The molecule has 1 N–H and O–H groups in total. The molecule has 4 aromatic rings. The van der Waals surface area contributed by atoms with E-state index < -0.39 is 23.5 Å². The van der Waals surface area contributed by atoms with Gasteiger partial charge in [-0.05, 0) is 24.3 Å². The molecule has 0 saturated heterocycles. The van der Waals surface area contributed by atoms with Crippen LogP contribution in [-0.2, 0) is 4.74 Å². The molecule has 30 heavy (non-hydrogen) atoms. The Bertz CT molecular complexity index is 1250. The molecule has 4 rings (SSSR count). The summed E-state index contributed by atoms with van der Waals surface area (Å²) in [7, 11) is 1.16. The van der Waals surface area contributed by atoms with Gasteiger partial charge in [-0.25, -0.2) is 18.6 Å². The summed E-state index contributed by atoms with van der Waals surface area (Å²) in [5.41, 5.74) is 0.0760. The zero-order valence-electron chi connectivity index (χ0n) is 15.4. The number of methoxy groups -OCH3 is 1. The van der Waals surface area contributed by atoms with Crippen molar-refractivity contribution in [2.24, 2.45) is 0 Å². The zero-order chi connectivity index (χ0) is 21.3. The van der Waals surface area contributed by atoms with E-state index in [0.29, 0.717) is 0 Å². The Morgan fingerprint density at radius 1 is 1.17 bits per heavy atom. The van der Waals surface area contributed by atoms with E-state index >= 15 is 0 Å². The number of thiazole rings is 1. The molecule has 0 radical (unpaired) electrons. The van der Waals surface area contributed by atoms with Crippen LogP contribution < -0.4 is 10.1 Å². The van der Waals surface area contributed by atoms with Gasteiger partial charge in [0.25, 0.3) is 5.91 Å². The number of benzene rings is 2. The monoisotopic (exact) mass is 429 g/mol. The number of anilines is 1. The third-order valence-corrected chi connectivity index (χ3v) is 5.04. The highest BCUT2D eigenvalue weighted by Crippen LogP contribution is 2.31. The molecule has 2 aromatic carbocycles. The number of fused-ring (bicyclic) bond motifs is 1. The van der Waals surface area contributed by atoms with Crippen molar-refractivity contribution < 1.29 is 27.8 Å². The normalized spacial score (nSPS) is 10.8. The molecule has 1 amide bonds. The number of amides is 1. The van der Waals surface area contributed by atoms with E-state index in [1.54, 1.807) is 16.0 Å². The van der Waals surface area contributed by atoms with Crippen LogP contribution in [0.25, 0.3) is 4.83 Å². The third kappa shape index (κ3) is 3.72.